The Morgan fingerprint density at radius 2 is 1.88 bits per heavy atom. The van der Waals surface area contributed by atoms with Crippen LogP contribution in [0.5, 0.6) is 5.75 Å². The summed E-state index contributed by atoms with van der Waals surface area (Å²) < 4.78 is 5.38. The lowest BCUT2D eigenvalue weighted by Gasteiger charge is -2.11. The minimum atomic E-state index is -0.615. The predicted molar refractivity (Wildman–Crippen MR) is 91.5 cm³/mol. The number of carbonyl (C=O) groups is 2. The number of amides is 2. The number of hydrogen-bond donors (Lipinski definition) is 2. The number of anilines is 1. The Morgan fingerprint density at radius 3 is 2.48 bits per heavy atom. The zero-order valence-electron chi connectivity index (χ0n) is 13.5. The lowest BCUT2D eigenvalue weighted by Crippen LogP contribution is -2.20. The molecule has 3 N–H and O–H groups in total. The van der Waals surface area contributed by atoms with Gasteiger partial charge in [-0.2, -0.15) is 0 Å². The van der Waals surface area contributed by atoms with E-state index in [1.54, 1.807) is 25.1 Å². The highest BCUT2D eigenvalue weighted by Crippen LogP contribution is 2.20. The SMILES string of the molecule is Cc1cccc(NC(=O)CCOc2ccc([N+](=O)[O-])cc2)c1C(N)=O. The number of carbonyl (C=O) groups excluding carboxylic acids is 2. The van der Waals surface area contributed by atoms with E-state index in [2.05, 4.69) is 5.32 Å². The molecule has 0 saturated carbocycles. The summed E-state index contributed by atoms with van der Waals surface area (Å²) >= 11 is 0. The average molecular weight is 343 g/mol. The molecule has 0 fully saturated rings. The maximum Gasteiger partial charge on any atom is 0.269 e. The summed E-state index contributed by atoms with van der Waals surface area (Å²) in [5.41, 5.74) is 6.60. The van der Waals surface area contributed by atoms with E-state index in [4.69, 9.17) is 10.5 Å². The van der Waals surface area contributed by atoms with E-state index < -0.39 is 10.8 Å². The van der Waals surface area contributed by atoms with E-state index in [0.717, 1.165) is 0 Å². The Balaban J connectivity index is 1.90. The van der Waals surface area contributed by atoms with Crippen molar-refractivity contribution in [3.8, 4) is 5.75 Å². The summed E-state index contributed by atoms with van der Waals surface area (Å²) in [6.45, 7) is 1.81. The predicted octanol–water partition coefficient (Wildman–Crippen LogP) is 2.41. The molecule has 2 aromatic carbocycles. The van der Waals surface area contributed by atoms with Gasteiger partial charge in [-0.3, -0.25) is 19.7 Å². The van der Waals surface area contributed by atoms with E-state index in [1.807, 2.05) is 0 Å². The van der Waals surface area contributed by atoms with Crippen molar-refractivity contribution in [1.29, 1.82) is 0 Å². The molecule has 2 rings (SSSR count). The Bertz CT molecular complexity index is 802. The third kappa shape index (κ3) is 4.77. The minimum absolute atomic E-state index is 0.0384. The second kappa shape index (κ2) is 7.91. The molecule has 0 bridgehead atoms. The molecule has 0 aliphatic rings. The molecule has 0 atom stereocenters. The quantitative estimate of drug-likeness (QED) is 0.590. The van der Waals surface area contributed by atoms with Gasteiger partial charge in [-0.25, -0.2) is 0 Å². The third-order valence-corrected chi connectivity index (χ3v) is 3.44. The molecular formula is C17H17N3O5. The monoisotopic (exact) mass is 343 g/mol. The van der Waals surface area contributed by atoms with Gasteiger partial charge in [0.2, 0.25) is 5.91 Å². The van der Waals surface area contributed by atoms with Gasteiger partial charge in [-0.05, 0) is 30.7 Å². The summed E-state index contributed by atoms with van der Waals surface area (Å²) in [7, 11) is 0. The van der Waals surface area contributed by atoms with E-state index in [0.29, 0.717) is 17.0 Å². The van der Waals surface area contributed by atoms with Gasteiger partial charge >= 0.3 is 0 Å². The van der Waals surface area contributed by atoms with Gasteiger partial charge in [-0.15, -0.1) is 0 Å². The zero-order valence-corrected chi connectivity index (χ0v) is 13.5. The van der Waals surface area contributed by atoms with E-state index in [-0.39, 0.29) is 30.2 Å². The van der Waals surface area contributed by atoms with E-state index in [1.165, 1.54) is 24.3 Å². The van der Waals surface area contributed by atoms with Crippen molar-refractivity contribution in [3.05, 3.63) is 63.7 Å². The first-order chi connectivity index (χ1) is 11.9. The Kier molecular flexibility index (Phi) is 5.67. The van der Waals surface area contributed by atoms with E-state index >= 15 is 0 Å². The van der Waals surface area contributed by atoms with Crippen molar-refractivity contribution in [3.63, 3.8) is 0 Å². The van der Waals surface area contributed by atoms with Crippen molar-refractivity contribution >= 4 is 23.2 Å². The second-order valence-corrected chi connectivity index (χ2v) is 5.26. The van der Waals surface area contributed by atoms with Gasteiger partial charge in [-0.1, -0.05) is 12.1 Å². The number of nitrogens with zero attached hydrogens (tertiary/aromatic N) is 1. The minimum Gasteiger partial charge on any atom is -0.493 e. The van der Waals surface area contributed by atoms with Crippen LogP contribution in [0.3, 0.4) is 0 Å². The van der Waals surface area contributed by atoms with Crippen molar-refractivity contribution < 1.29 is 19.2 Å². The summed E-state index contributed by atoms with van der Waals surface area (Å²) in [6.07, 6.45) is 0.0448. The fourth-order valence-corrected chi connectivity index (χ4v) is 2.24. The smallest absolute Gasteiger partial charge is 0.269 e. The number of nitrogens with two attached hydrogens (primary N) is 1. The van der Waals surface area contributed by atoms with Crippen LogP contribution < -0.4 is 15.8 Å². The number of nitro benzene ring substituents is 1. The van der Waals surface area contributed by atoms with Crippen LogP contribution >= 0.6 is 0 Å². The van der Waals surface area contributed by atoms with Gasteiger partial charge in [0.15, 0.2) is 0 Å². The van der Waals surface area contributed by atoms with Crippen LogP contribution in [0.15, 0.2) is 42.5 Å². The first-order valence-electron chi connectivity index (χ1n) is 7.45. The number of nitrogens with one attached hydrogen (secondary N) is 1. The second-order valence-electron chi connectivity index (χ2n) is 5.26. The van der Waals surface area contributed by atoms with Crippen LogP contribution in [0.2, 0.25) is 0 Å². The van der Waals surface area contributed by atoms with Gasteiger partial charge in [0.05, 0.1) is 29.2 Å². The molecule has 0 aliphatic carbocycles. The Hall–Kier alpha value is -3.42. The van der Waals surface area contributed by atoms with E-state index in [9.17, 15) is 19.7 Å². The first kappa shape index (κ1) is 17.9. The van der Waals surface area contributed by atoms with Crippen LogP contribution in [0.1, 0.15) is 22.3 Å². The van der Waals surface area contributed by atoms with Crippen LogP contribution in [0.25, 0.3) is 0 Å². The molecule has 0 unspecified atom stereocenters. The molecule has 0 radical (unpaired) electrons. The third-order valence-electron chi connectivity index (χ3n) is 3.44. The largest absolute Gasteiger partial charge is 0.493 e. The molecule has 8 nitrogen and oxygen atoms in total. The molecule has 0 saturated heterocycles. The fraction of sp³-hybridized carbons (Fsp3) is 0.176. The van der Waals surface area contributed by atoms with Gasteiger partial charge in [0.25, 0.3) is 11.6 Å². The summed E-state index contributed by atoms with van der Waals surface area (Å²) in [5, 5.41) is 13.2. The van der Waals surface area contributed by atoms with Crippen LogP contribution in [-0.2, 0) is 4.79 Å². The van der Waals surface area contributed by atoms with Crippen LogP contribution in [0.4, 0.5) is 11.4 Å². The number of primary amides is 1. The molecule has 2 aromatic rings. The number of aryl methyl sites for hydroxylation is 1. The van der Waals surface area contributed by atoms with Crippen LogP contribution in [0, 0.1) is 17.0 Å². The molecular weight excluding hydrogens is 326 g/mol. The average Bonchev–Trinajstić information content (AvgIpc) is 2.55. The molecule has 130 valence electrons. The topological polar surface area (TPSA) is 125 Å². The fourth-order valence-electron chi connectivity index (χ4n) is 2.24. The molecule has 0 aromatic heterocycles. The molecule has 0 heterocycles. The summed E-state index contributed by atoms with van der Waals surface area (Å²) in [5.74, 6) is -0.530. The molecule has 25 heavy (non-hydrogen) atoms. The summed E-state index contributed by atoms with van der Waals surface area (Å²) in [6, 6.07) is 10.6. The number of hydrogen-bond acceptors (Lipinski definition) is 5. The Morgan fingerprint density at radius 1 is 1.20 bits per heavy atom. The van der Waals surface area contributed by atoms with Gasteiger partial charge < -0.3 is 15.8 Å². The number of rotatable bonds is 7. The maximum atomic E-state index is 12.0. The highest BCUT2D eigenvalue weighted by molar-refractivity contribution is 6.04. The lowest BCUT2D eigenvalue weighted by molar-refractivity contribution is -0.384. The van der Waals surface area contributed by atoms with Crippen LogP contribution in [-0.4, -0.2) is 23.3 Å². The molecule has 0 aliphatic heterocycles. The number of nitro groups is 1. The highest BCUT2D eigenvalue weighted by atomic mass is 16.6. The summed E-state index contributed by atoms with van der Waals surface area (Å²) in [4.78, 5) is 33.6. The van der Waals surface area contributed by atoms with Gasteiger partial charge in [0.1, 0.15) is 5.75 Å². The first-order valence-corrected chi connectivity index (χ1v) is 7.45. The highest BCUT2D eigenvalue weighted by Gasteiger charge is 2.13. The Labute approximate surface area is 143 Å². The number of ether oxygens (including phenoxy) is 1. The molecule has 0 spiro atoms. The van der Waals surface area contributed by atoms with Crippen molar-refractivity contribution in [2.45, 2.75) is 13.3 Å². The maximum absolute atomic E-state index is 12.0. The molecule has 2 amide bonds. The van der Waals surface area contributed by atoms with Crippen molar-refractivity contribution in [2.75, 3.05) is 11.9 Å². The molecule has 8 heteroatoms. The van der Waals surface area contributed by atoms with Crippen molar-refractivity contribution in [1.82, 2.24) is 0 Å². The lowest BCUT2D eigenvalue weighted by atomic mass is 10.1. The number of benzene rings is 2. The van der Waals surface area contributed by atoms with Gasteiger partial charge in [0, 0.05) is 12.1 Å². The number of non-ortho nitro benzene ring substituents is 1. The van der Waals surface area contributed by atoms with Crippen molar-refractivity contribution in [2.24, 2.45) is 5.73 Å². The zero-order chi connectivity index (χ0) is 18.4. The normalized spacial score (nSPS) is 10.1. The standard InChI is InChI=1S/C17H17N3O5/c1-11-3-2-4-14(16(11)17(18)22)19-15(21)9-10-25-13-7-5-12(6-8-13)20(23)24/h2-8H,9-10H2,1H3,(H2,18,22)(H,19,21).